The van der Waals surface area contributed by atoms with Crippen LogP contribution in [0.3, 0.4) is 0 Å². The Kier molecular flexibility index (Phi) is 10.9. The number of aromatic hydroxyl groups is 1. The van der Waals surface area contributed by atoms with Gasteiger partial charge in [0.05, 0.1) is 6.04 Å². The number of nitrogens with two attached hydrogens (primary N) is 1. The zero-order valence-corrected chi connectivity index (χ0v) is 20.4. The summed E-state index contributed by atoms with van der Waals surface area (Å²) in [5.41, 5.74) is 7.43. The fourth-order valence-electron chi connectivity index (χ4n) is 3.59. The first kappa shape index (κ1) is 28.3. The van der Waals surface area contributed by atoms with Crippen LogP contribution in [0.1, 0.15) is 31.4 Å². The minimum Gasteiger partial charge on any atom is -0.508 e. The van der Waals surface area contributed by atoms with Crippen LogP contribution in [0.2, 0.25) is 0 Å². The van der Waals surface area contributed by atoms with Crippen molar-refractivity contribution in [2.75, 3.05) is 6.54 Å². The van der Waals surface area contributed by atoms with Gasteiger partial charge in [-0.15, -0.1) is 0 Å². The molecule has 0 spiro atoms. The van der Waals surface area contributed by atoms with Gasteiger partial charge in [-0.2, -0.15) is 0 Å². The molecule has 0 heterocycles. The molecule has 7 N–H and O–H groups in total. The first-order valence-electron chi connectivity index (χ1n) is 11.7. The van der Waals surface area contributed by atoms with Crippen LogP contribution in [-0.4, -0.2) is 58.6 Å². The Labute approximate surface area is 210 Å². The summed E-state index contributed by atoms with van der Waals surface area (Å²) in [6.07, 6.45) is 0.637. The zero-order chi connectivity index (χ0) is 26.7. The average Bonchev–Trinajstić information content (AvgIpc) is 2.83. The highest BCUT2D eigenvalue weighted by molar-refractivity contribution is 5.94. The van der Waals surface area contributed by atoms with Crippen LogP contribution < -0.4 is 21.7 Å². The Morgan fingerprint density at radius 2 is 1.33 bits per heavy atom. The maximum atomic E-state index is 13.3. The minimum absolute atomic E-state index is 0.0380. The molecule has 194 valence electrons. The van der Waals surface area contributed by atoms with E-state index >= 15 is 0 Å². The molecule has 0 aliphatic heterocycles. The topological polar surface area (TPSA) is 171 Å². The van der Waals surface area contributed by atoms with E-state index in [9.17, 15) is 24.3 Å². The van der Waals surface area contributed by atoms with Gasteiger partial charge in [-0.1, -0.05) is 56.3 Å². The van der Waals surface area contributed by atoms with Crippen LogP contribution in [0.5, 0.6) is 5.75 Å². The summed E-state index contributed by atoms with van der Waals surface area (Å²) < 4.78 is 0. The van der Waals surface area contributed by atoms with E-state index in [-0.39, 0.29) is 24.5 Å². The molecule has 10 heteroatoms. The lowest BCUT2D eigenvalue weighted by atomic mass is 10.0. The van der Waals surface area contributed by atoms with Gasteiger partial charge in [-0.05, 0) is 35.6 Å². The van der Waals surface area contributed by atoms with Crippen LogP contribution in [0.4, 0.5) is 0 Å². The Hall–Kier alpha value is -3.92. The number of rotatable bonds is 13. The van der Waals surface area contributed by atoms with Crippen molar-refractivity contribution in [2.24, 2.45) is 11.7 Å². The van der Waals surface area contributed by atoms with Gasteiger partial charge in [0.15, 0.2) is 0 Å². The number of carboxylic acid groups (broad SMARTS) is 1. The SMILES string of the molecule is CC(C)CC(N)C(=O)NC(Cc1ccccc1)C(=O)NC(Cc1ccc(O)cc1)C(=O)NCC(=O)O. The second-order valence-electron chi connectivity index (χ2n) is 9.03. The van der Waals surface area contributed by atoms with E-state index in [1.165, 1.54) is 12.1 Å². The lowest BCUT2D eigenvalue weighted by Crippen LogP contribution is -2.57. The first-order chi connectivity index (χ1) is 17.0. The van der Waals surface area contributed by atoms with Gasteiger partial charge >= 0.3 is 5.97 Å². The molecule has 36 heavy (non-hydrogen) atoms. The van der Waals surface area contributed by atoms with Gasteiger partial charge in [0.2, 0.25) is 17.7 Å². The molecular weight excluding hydrogens is 464 g/mol. The maximum absolute atomic E-state index is 13.3. The molecule has 2 aromatic rings. The van der Waals surface area contributed by atoms with Crippen LogP contribution in [0.15, 0.2) is 54.6 Å². The number of aliphatic carboxylic acids is 1. The van der Waals surface area contributed by atoms with Gasteiger partial charge in [0.1, 0.15) is 24.4 Å². The summed E-state index contributed by atoms with van der Waals surface area (Å²) in [6.45, 7) is 3.25. The summed E-state index contributed by atoms with van der Waals surface area (Å²) in [5, 5.41) is 26.1. The lowest BCUT2D eigenvalue weighted by molar-refractivity contribution is -0.138. The number of nitrogens with one attached hydrogen (secondary N) is 3. The Morgan fingerprint density at radius 3 is 1.89 bits per heavy atom. The molecular formula is C26H34N4O6. The molecule has 0 aliphatic carbocycles. The summed E-state index contributed by atoms with van der Waals surface area (Å²) in [7, 11) is 0. The number of phenolic OH excluding ortho intramolecular Hbond substituents is 1. The molecule has 0 saturated heterocycles. The van der Waals surface area contributed by atoms with Crippen molar-refractivity contribution in [2.45, 2.75) is 51.2 Å². The number of phenols is 1. The van der Waals surface area contributed by atoms with Crippen molar-refractivity contribution >= 4 is 23.7 Å². The first-order valence-corrected chi connectivity index (χ1v) is 11.7. The van der Waals surface area contributed by atoms with Crippen molar-refractivity contribution in [3.05, 3.63) is 65.7 Å². The van der Waals surface area contributed by atoms with E-state index in [2.05, 4.69) is 16.0 Å². The highest BCUT2D eigenvalue weighted by Crippen LogP contribution is 2.12. The molecule has 0 bridgehead atoms. The highest BCUT2D eigenvalue weighted by atomic mass is 16.4. The normalized spacial score (nSPS) is 13.3. The number of carboxylic acids is 1. The van der Waals surface area contributed by atoms with E-state index < -0.39 is 48.4 Å². The van der Waals surface area contributed by atoms with Gasteiger partial charge in [-0.25, -0.2) is 0 Å². The maximum Gasteiger partial charge on any atom is 0.322 e. The molecule has 10 nitrogen and oxygen atoms in total. The quantitative estimate of drug-likeness (QED) is 0.236. The van der Waals surface area contributed by atoms with E-state index in [4.69, 9.17) is 10.8 Å². The third-order valence-electron chi connectivity index (χ3n) is 5.40. The molecule has 0 radical (unpaired) electrons. The summed E-state index contributed by atoms with van der Waals surface area (Å²) in [6, 6.07) is 12.2. The standard InChI is InChI=1S/C26H34N4O6/c1-16(2)12-20(27)24(34)29-22(13-17-6-4-3-5-7-17)26(36)30-21(25(35)28-15-23(32)33)14-18-8-10-19(31)11-9-18/h3-11,16,20-22,31H,12-15,27H2,1-2H3,(H,28,35)(H,29,34)(H,30,36)(H,32,33). The molecule has 0 saturated carbocycles. The Balaban J connectivity index is 2.24. The van der Waals surface area contributed by atoms with E-state index in [0.717, 1.165) is 5.56 Å². The number of benzene rings is 2. The molecule has 0 fully saturated rings. The van der Waals surface area contributed by atoms with E-state index in [1.54, 1.807) is 12.1 Å². The van der Waals surface area contributed by atoms with Crippen molar-refractivity contribution in [1.82, 2.24) is 16.0 Å². The molecule has 2 aromatic carbocycles. The van der Waals surface area contributed by atoms with Gasteiger partial charge in [-0.3, -0.25) is 19.2 Å². The molecule has 2 rings (SSSR count). The third-order valence-corrected chi connectivity index (χ3v) is 5.40. The van der Waals surface area contributed by atoms with Crippen molar-refractivity contribution in [3.8, 4) is 5.75 Å². The number of hydrogen-bond acceptors (Lipinski definition) is 6. The van der Waals surface area contributed by atoms with Crippen LogP contribution in [0, 0.1) is 5.92 Å². The number of amides is 3. The third kappa shape index (κ3) is 9.75. The van der Waals surface area contributed by atoms with Crippen LogP contribution >= 0.6 is 0 Å². The zero-order valence-electron chi connectivity index (χ0n) is 20.4. The fraction of sp³-hybridized carbons (Fsp3) is 0.385. The summed E-state index contributed by atoms with van der Waals surface area (Å²) in [5.74, 6) is -2.80. The molecule has 0 aromatic heterocycles. The van der Waals surface area contributed by atoms with Gasteiger partial charge < -0.3 is 31.9 Å². The Morgan fingerprint density at radius 1 is 0.806 bits per heavy atom. The van der Waals surface area contributed by atoms with Crippen molar-refractivity contribution in [1.29, 1.82) is 0 Å². The molecule has 0 aliphatic rings. The fourth-order valence-corrected chi connectivity index (χ4v) is 3.59. The second kappa shape index (κ2) is 13.8. The number of carbonyl (C=O) groups is 4. The summed E-state index contributed by atoms with van der Waals surface area (Å²) in [4.78, 5) is 49.7. The van der Waals surface area contributed by atoms with Crippen molar-refractivity contribution in [3.63, 3.8) is 0 Å². The van der Waals surface area contributed by atoms with E-state index in [1.807, 2.05) is 44.2 Å². The minimum atomic E-state index is -1.23. The van der Waals surface area contributed by atoms with Gasteiger partial charge in [0, 0.05) is 12.8 Å². The molecule has 3 atom stereocenters. The molecule has 3 amide bonds. The Bertz CT molecular complexity index is 1030. The van der Waals surface area contributed by atoms with Crippen molar-refractivity contribution < 1.29 is 29.4 Å². The van der Waals surface area contributed by atoms with E-state index in [0.29, 0.717) is 12.0 Å². The number of carbonyl (C=O) groups excluding carboxylic acids is 3. The highest BCUT2D eigenvalue weighted by Gasteiger charge is 2.29. The second-order valence-corrected chi connectivity index (χ2v) is 9.03. The lowest BCUT2D eigenvalue weighted by Gasteiger charge is -2.24. The largest absolute Gasteiger partial charge is 0.508 e. The average molecular weight is 499 g/mol. The molecule has 3 unspecified atom stereocenters. The predicted octanol–water partition coefficient (Wildman–Crippen LogP) is 0.721. The van der Waals surface area contributed by atoms with Crippen LogP contribution in [-0.2, 0) is 32.0 Å². The predicted molar refractivity (Wildman–Crippen MR) is 134 cm³/mol. The number of hydrogen-bond donors (Lipinski definition) is 6. The van der Waals surface area contributed by atoms with Crippen LogP contribution in [0.25, 0.3) is 0 Å². The van der Waals surface area contributed by atoms with Gasteiger partial charge in [0.25, 0.3) is 0 Å². The summed E-state index contributed by atoms with van der Waals surface area (Å²) >= 11 is 0. The monoisotopic (exact) mass is 498 g/mol. The smallest absolute Gasteiger partial charge is 0.322 e.